The number of nitrogens with one attached hydrogen (secondary N) is 1. The fourth-order valence-corrected chi connectivity index (χ4v) is 5.21. The van der Waals surface area contributed by atoms with Crippen LogP contribution in [0.4, 0.5) is 0 Å². The number of hydrogen-bond acceptors (Lipinski definition) is 3. The molecular weight excluding hydrogens is 414 g/mol. The fraction of sp³-hybridized carbons (Fsp3) is 0.185. The van der Waals surface area contributed by atoms with Gasteiger partial charge in [-0.15, -0.1) is 0 Å². The van der Waals surface area contributed by atoms with Gasteiger partial charge < -0.3 is 14.2 Å². The van der Waals surface area contributed by atoms with Gasteiger partial charge in [-0.25, -0.2) is 0 Å². The zero-order valence-electron chi connectivity index (χ0n) is 18.2. The van der Waals surface area contributed by atoms with E-state index in [0.717, 1.165) is 39.4 Å². The van der Waals surface area contributed by atoms with Gasteiger partial charge in [0, 0.05) is 52.4 Å². The maximum absolute atomic E-state index is 13.1. The summed E-state index contributed by atoms with van der Waals surface area (Å²) in [6.45, 7) is 0. The van der Waals surface area contributed by atoms with Crippen LogP contribution in [-0.4, -0.2) is 32.2 Å². The van der Waals surface area contributed by atoms with Crippen molar-refractivity contribution in [3.63, 3.8) is 0 Å². The van der Waals surface area contributed by atoms with Gasteiger partial charge in [-0.3, -0.25) is 14.9 Å². The second kappa shape index (κ2) is 7.32. The smallest absolute Gasteiger partial charge is 0.259 e. The Morgan fingerprint density at radius 2 is 1.42 bits per heavy atom. The molecule has 164 valence electrons. The molecule has 2 aromatic heterocycles. The number of rotatable bonds is 3. The monoisotopic (exact) mass is 437 g/mol. The minimum atomic E-state index is -0.415. The first kappa shape index (κ1) is 19.8. The molecule has 0 saturated heterocycles. The number of fused-ring (bicyclic) bond motifs is 2. The van der Waals surface area contributed by atoms with E-state index in [1.165, 1.54) is 0 Å². The van der Waals surface area contributed by atoms with Gasteiger partial charge in [0.1, 0.15) is 0 Å². The lowest BCUT2D eigenvalue weighted by Gasteiger charge is -2.22. The van der Waals surface area contributed by atoms with Crippen molar-refractivity contribution in [2.75, 3.05) is 0 Å². The third-order valence-electron chi connectivity index (χ3n) is 6.78. The van der Waals surface area contributed by atoms with Crippen LogP contribution in [0.1, 0.15) is 30.0 Å². The van der Waals surface area contributed by atoms with Gasteiger partial charge in [0.15, 0.2) is 0 Å². The average Bonchev–Trinajstić information content (AvgIpc) is 3.45. The van der Waals surface area contributed by atoms with Crippen LogP contribution in [-0.2, 0) is 16.6 Å². The SMILES string of the molecule is Cn1cc(C2=C(c3cn(C4C=CC(O)CC4)c4ccccc34)C(=O)NC2=O)c2ccccc21. The van der Waals surface area contributed by atoms with E-state index in [-0.39, 0.29) is 17.9 Å². The molecule has 2 atom stereocenters. The minimum Gasteiger partial charge on any atom is -0.389 e. The number of allylic oxidation sites excluding steroid dienone is 1. The lowest BCUT2D eigenvalue weighted by molar-refractivity contribution is -0.122. The molecule has 33 heavy (non-hydrogen) atoms. The number of hydrogen-bond donors (Lipinski definition) is 2. The zero-order valence-corrected chi connectivity index (χ0v) is 18.2. The molecule has 2 unspecified atom stereocenters. The van der Waals surface area contributed by atoms with Crippen molar-refractivity contribution in [3.05, 3.63) is 84.2 Å². The van der Waals surface area contributed by atoms with E-state index < -0.39 is 6.10 Å². The van der Waals surface area contributed by atoms with E-state index in [1.54, 1.807) is 0 Å². The normalized spacial score (nSPS) is 20.9. The molecule has 1 aliphatic carbocycles. The summed E-state index contributed by atoms with van der Waals surface area (Å²) < 4.78 is 4.13. The van der Waals surface area contributed by atoms with Crippen molar-refractivity contribution in [1.82, 2.24) is 14.5 Å². The van der Waals surface area contributed by atoms with Crippen molar-refractivity contribution in [3.8, 4) is 0 Å². The van der Waals surface area contributed by atoms with Crippen LogP contribution >= 0.6 is 0 Å². The Bertz CT molecular complexity index is 1520. The lowest BCUT2D eigenvalue weighted by atomic mass is 9.95. The number of benzene rings is 2. The molecule has 4 aromatic rings. The summed E-state index contributed by atoms with van der Waals surface area (Å²) >= 11 is 0. The summed E-state index contributed by atoms with van der Waals surface area (Å²) in [7, 11) is 1.94. The van der Waals surface area contributed by atoms with Crippen molar-refractivity contribution >= 4 is 44.8 Å². The molecule has 2 aliphatic rings. The van der Waals surface area contributed by atoms with Gasteiger partial charge in [0.2, 0.25) is 0 Å². The van der Waals surface area contributed by atoms with Crippen molar-refractivity contribution in [2.24, 2.45) is 7.05 Å². The predicted octanol–water partition coefficient (Wildman–Crippen LogP) is 3.95. The van der Waals surface area contributed by atoms with Crippen molar-refractivity contribution < 1.29 is 14.7 Å². The van der Waals surface area contributed by atoms with E-state index in [2.05, 4.69) is 9.88 Å². The quantitative estimate of drug-likeness (QED) is 0.376. The third-order valence-corrected chi connectivity index (χ3v) is 6.78. The number of aryl methyl sites for hydroxylation is 1. The number of aliphatic hydroxyl groups is 1. The molecular formula is C27H23N3O3. The highest BCUT2D eigenvalue weighted by molar-refractivity contribution is 6.50. The van der Waals surface area contributed by atoms with Crippen LogP contribution in [0.2, 0.25) is 0 Å². The Balaban J connectivity index is 1.62. The summed E-state index contributed by atoms with van der Waals surface area (Å²) in [6, 6.07) is 15.9. The highest BCUT2D eigenvalue weighted by Gasteiger charge is 2.35. The van der Waals surface area contributed by atoms with E-state index in [4.69, 9.17) is 0 Å². The second-order valence-electron chi connectivity index (χ2n) is 8.77. The van der Waals surface area contributed by atoms with E-state index >= 15 is 0 Å². The Kier molecular flexibility index (Phi) is 4.38. The van der Waals surface area contributed by atoms with E-state index in [9.17, 15) is 14.7 Å². The lowest BCUT2D eigenvalue weighted by Crippen LogP contribution is -2.22. The molecule has 6 heteroatoms. The summed E-state index contributed by atoms with van der Waals surface area (Å²) in [6.07, 6.45) is 8.82. The number of aromatic nitrogens is 2. The second-order valence-corrected chi connectivity index (χ2v) is 8.77. The van der Waals surface area contributed by atoms with Gasteiger partial charge in [0.25, 0.3) is 11.8 Å². The predicted molar refractivity (Wildman–Crippen MR) is 128 cm³/mol. The van der Waals surface area contributed by atoms with Gasteiger partial charge in [-0.2, -0.15) is 0 Å². The average molecular weight is 437 g/mol. The van der Waals surface area contributed by atoms with Crippen molar-refractivity contribution in [1.29, 1.82) is 0 Å². The standard InChI is InChI=1S/C27H23N3O3/c1-29-14-20(18-6-2-4-8-22(18)29)24-25(27(33)28-26(24)32)21-15-30(16-10-12-17(31)13-11-16)23-9-5-3-7-19(21)23/h2-10,12,14-17,31H,11,13H2,1H3,(H,28,32,33). The maximum atomic E-state index is 13.1. The molecule has 3 heterocycles. The molecule has 2 aromatic carbocycles. The van der Waals surface area contributed by atoms with Gasteiger partial charge in [0.05, 0.1) is 23.3 Å². The molecule has 0 saturated carbocycles. The first-order valence-electron chi connectivity index (χ1n) is 11.1. The van der Waals surface area contributed by atoms with Crippen LogP contribution < -0.4 is 5.32 Å². The fourth-order valence-electron chi connectivity index (χ4n) is 5.21. The highest BCUT2D eigenvalue weighted by atomic mass is 16.3. The number of para-hydroxylation sites is 2. The van der Waals surface area contributed by atoms with Crippen LogP contribution in [0.15, 0.2) is 73.1 Å². The molecule has 0 fully saturated rings. The molecule has 0 radical (unpaired) electrons. The Labute approximate surface area is 190 Å². The van der Waals surface area contributed by atoms with Crippen LogP contribution in [0.5, 0.6) is 0 Å². The third kappa shape index (κ3) is 2.98. The molecule has 2 amide bonds. The largest absolute Gasteiger partial charge is 0.389 e. The van der Waals surface area contributed by atoms with Crippen LogP contribution in [0.3, 0.4) is 0 Å². The number of amides is 2. The molecule has 2 N–H and O–H groups in total. The zero-order chi connectivity index (χ0) is 22.7. The van der Waals surface area contributed by atoms with Gasteiger partial charge in [-0.1, -0.05) is 48.6 Å². The number of imide groups is 1. The van der Waals surface area contributed by atoms with Gasteiger partial charge >= 0.3 is 0 Å². The summed E-state index contributed by atoms with van der Waals surface area (Å²) in [5, 5.41) is 14.3. The molecule has 0 bridgehead atoms. The summed E-state index contributed by atoms with van der Waals surface area (Å²) in [5.74, 6) is -0.746. The topological polar surface area (TPSA) is 76.3 Å². The van der Waals surface area contributed by atoms with E-state index in [1.807, 2.05) is 84.7 Å². The molecule has 6 nitrogen and oxygen atoms in total. The summed E-state index contributed by atoms with van der Waals surface area (Å²) in [4.78, 5) is 26.2. The number of carbonyl (C=O) groups excluding carboxylic acids is 2. The minimum absolute atomic E-state index is 0.0776. The maximum Gasteiger partial charge on any atom is 0.259 e. The van der Waals surface area contributed by atoms with Crippen molar-refractivity contribution in [2.45, 2.75) is 25.0 Å². The number of carbonyl (C=O) groups is 2. The van der Waals surface area contributed by atoms with E-state index in [0.29, 0.717) is 17.6 Å². The summed E-state index contributed by atoms with van der Waals surface area (Å²) in [5.41, 5.74) is 4.32. The molecule has 1 aliphatic heterocycles. The Hall–Kier alpha value is -3.90. The molecule has 6 rings (SSSR count). The van der Waals surface area contributed by atoms with Crippen LogP contribution in [0, 0.1) is 0 Å². The first-order chi connectivity index (χ1) is 16.0. The molecule has 0 spiro atoms. The highest BCUT2D eigenvalue weighted by Crippen LogP contribution is 2.40. The van der Waals surface area contributed by atoms with Crippen LogP contribution in [0.25, 0.3) is 33.0 Å². The Morgan fingerprint density at radius 1 is 0.818 bits per heavy atom. The number of nitrogens with zero attached hydrogens (tertiary/aromatic N) is 2. The Morgan fingerprint density at radius 3 is 2.09 bits per heavy atom. The number of aliphatic hydroxyl groups excluding tert-OH is 1. The first-order valence-corrected chi connectivity index (χ1v) is 11.1. The van der Waals surface area contributed by atoms with Gasteiger partial charge in [-0.05, 0) is 25.0 Å².